The zero-order valence-electron chi connectivity index (χ0n) is 21.4. The summed E-state index contributed by atoms with van der Waals surface area (Å²) >= 11 is 17.7. The van der Waals surface area contributed by atoms with Gasteiger partial charge in [-0.2, -0.15) is 0 Å². The van der Waals surface area contributed by atoms with Gasteiger partial charge in [-0.05, 0) is 42.0 Å². The van der Waals surface area contributed by atoms with Gasteiger partial charge in [0.25, 0.3) is 0 Å². The minimum Gasteiger partial charge on any atom is -0.748 e. The molecule has 0 bridgehead atoms. The second-order valence-corrected chi connectivity index (χ2v) is 12.0. The van der Waals surface area contributed by atoms with Crippen LogP contribution in [0, 0.1) is 0 Å². The third-order valence-electron chi connectivity index (χ3n) is 4.95. The van der Waals surface area contributed by atoms with Gasteiger partial charge in [0.1, 0.15) is 4.32 Å². The van der Waals surface area contributed by atoms with Gasteiger partial charge in [-0.15, -0.1) is 0 Å². The molecule has 0 fully saturated rings. The van der Waals surface area contributed by atoms with E-state index in [1.807, 2.05) is 65.6 Å². The van der Waals surface area contributed by atoms with E-state index in [0.717, 1.165) is 11.1 Å². The Morgan fingerprint density at radius 1 is 0.789 bits per heavy atom. The van der Waals surface area contributed by atoms with Gasteiger partial charge < -0.3 is 30.7 Å². The van der Waals surface area contributed by atoms with Crippen LogP contribution in [0.3, 0.4) is 0 Å². The smallest absolute Gasteiger partial charge is 0.748 e. The first kappa shape index (κ1) is 35.0. The average Bonchev–Trinajstić information content (AvgIpc) is 2.88. The van der Waals surface area contributed by atoms with Gasteiger partial charge in [-0.3, -0.25) is 0 Å². The molecule has 0 radical (unpaired) electrons. The Morgan fingerprint density at radius 3 is 1.66 bits per heavy atom. The van der Waals surface area contributed by atoms with Crippen molar-refractivity contribution in [3.8, 4) is 0 Å². The van der Waals surface area contributed by atoms with Crippen LogP contribution in [0.5, 0.6) is 0 Å². The number of hydrogen-bond acceptors (Lipinski definition) is 7. The molecule has 4 N–H and O–H groups in total. The number of nitrogens with one attached hydrogen (secondary N) is 4. The van der Waals surface area contributed by atoms with E-state index in [9.17, 15) is 13.0 Å². The van der Waals surface area contributed by atoms with Crippen LogP contribution in [-0.2, 0) is 23.2 Å². The molecule has 2 aromatic carbocycles. The molecular formula is C24H32N5NaO3S5. The minimum atomic E-state index is -4.22. The van der Waals surface area contributed by atoms with E-state index in [1.54, 1.807) is 0 Å². The fraction of sp³-hybridized carbons (Fsp3) is 0.375. The van der Waals surface area contributed by atoms with Crippen LogP contribution in [0.2, 0.25) is 0 Å². The van der Waals surface area contributed by atoms with Crippen LogP contribution in [0.15, 0.2) is 60.7 Å². The molecule has 0 saturated carbocycles. The summed E-state index contributed by atoms with van der Waals surface area (Å²) in [7, 11) is -4.22. The fourth-order valence-electron chi connectivity index (χ4n) is 3.07. The molecule has 0 heterocycles. The van der Waals surface area contributed by atoms with Crippen molar-refractivity contribution in [2.24, 2.45) is 0 Å². The van der Waals surface area contributed by atoms with Crippen LogP contribution < -0.4 is 50.8 Å². The second kappa shape index (κ2) is 19.9. The summed E-state index contributed by atoms with van der Waals surface area (Å²) in [5.41, 5.74) is 2.27. The zero-order valence-corrected chi connectivity index (χ0v) is 27.4. The summed E-state index contributed by atoms with van der Waals surface area (Å²) in [5, 5.41) is 13.9. The molecule has 8 nitrogen and oxygen atoms in total. The molecule has 0 saturated heterocycles. The largest absolute Gasteiger partial charge is 1.00 e. The number of thiocarbonyl (C=S) groups is 3. The van der Waals surface area contributed by atoms with E-state index in [2.05, 4.69) is 21.3 Å². The standard InChI is InChI=1S/C24H33N5O3S5.Na/c30-37(31,32)17-7-16-36-24(35)29(14-12-25-22(33)27-18-20-8-3-1-4-9-20)15-13-26-23(34)28-19-21-10-5-2-6-11-21;/h1-6,8-11H,7,12-19H2,(H2,25,27,33)(H2,26,28,34)(H,30,31,32);/q;+1/p-1. The maximum absolute atomic E-state index is 10.8. The molecule has 14 heteroatoms. The van der Waals surface area contributed by atoms with Crippen LogP contribution in [0.4, 0.5) is 0 Å². The Morgan fingerprint density at radius 2 is 1.24 bits per heavy atom. The van der Waals surface area contributed by atoms with E-state index in [-0.39, 0.29) is 36.0 Å². The Kier molecular flexibility index (Phi) is 18.4. The van der Waals surface area contributed by atoms with Crippen molar-refractivity contribution in [3.63, 3.8) is 0 Å². The number of thioether (sulfide) groups is 1. The Hall–Kier alpha value is -1.03. The van der Waals surface area contributed by atoms with Crippen molar-refractivity contribution in [1.29, 1.82) is 0 Å². The summed E-state index contributed by atoms with van der Waals surface area (Å²) in [6, 6.07) is 20.0. The Bertz CT molecular complexity index is 1030. The Balaban J connectivity index is 0.00000722. The number of nitrogens with zero attached hydrogens (tertiary/aromatic N) is 1. The predicted molar refractivity (Wildman–Crippen MR) is 164 cm³/mol. The van der Waals surface area contributed by atoms with Crippen molar-refractivity contribution in [2.75, 3.05) is 37.7 Å². The summed E-state index contributed by atoms with van der Waals surface area (Å²) in [6.45, 7) is 3.56. The van der Waals surface area contributed by atoms with Crippen LogP contribution >= 0.6 is 48.4 Å². The third-order valence-corrected chi connectivity index (χ3v) is 7.92. The van der Waals surface area contributed by atoms with Crippen LogP contribution in [0.1, 0.15) is 17.5 Å². The maximum atomic E-state index is 10.8. The topological polar surface area (TPSA) is 109 Å². The molecule has 0 aliphatic heterocycles. The summed E-state index contributed by atoms with van der Waals surface area (Å²) < 4.78 is 33.2. The van der Waals surface area contributed by atoms with Gasteiger partial charge in [0.2, 0.25) is 0 Å². The van der Waals surface area contributed by atoms with E-state index in [0.29, 0.717) is 59.6 Å². The normalized spacial score (nSPS) is 10.6. The minimum absolute atomic E-state index is 0. The van der Waals surface area contributed by atoms with Gasteiger partial charge in [-0.1, -0.05) is 84.6 Å². The second-order valence-electron chi connectivity index (χ2n) is 7.91. The molecular weight excluding hydrogens is 590 g/mol. The zero-order chi connectivity index (χ0) is 26.9. The summed E-state index contributed by atoms with van der Waals surface area (Å²) in [6.07, 6.45) is 0.252. The molecule has 0 unspecified atom stereocenters. The van der Waals surface area contributed by atoms with E-state index < -0.39 is 15.9 Å². The first-order chi connectivity index (χ1) is 17.7. The third kappa shape index (κ3) is 16.8. The quantitative estimate of drug-likeness (QED) is 0.0952. The van der Waals surface area contributed by atoms with Gasteiger partial charge in [0, 0.05) is 50.8 Å². The number of rotatable bonds is 14. The summed E-state index contributed by atoms with van der Waals surface area (Å²) in [4.78, 5) is 2.01. The fourth-order valence-corrected chi connectivity index (χ4v) is 5.36. The molecule has 0 aromatic heterocycles. The van der Waals surface area contributed by atoms with Crippen molar-refractivity contribution in [2.45, 2.75) is 19.5 Å². The van der Waals surface area contributed by atoms with Gasteiger partial charge in [0.15, 0.2) is 10.2 Å². The number of hydrogen-bond donors (Lipinski definition) is 4. The first-order valence-corrected chi connectivity index (χ1v) is 15.5. The summed E-state index contributed by atoms with van der Waals surface area (Å²) in [5.74, 6) is 0.0557. The first-order valence-electron chi connectivity index (χ1n) is 11.7. The van der Waals surface area contributed by atoms with Crippen molar-refractivity contribution in [3.05, 3.63) is 71.8 Å². The molecule has 0 aliphatic carbocycles. The molecule has 0 amide bonds. The van der Waals surface area contributed by atoms with Crippen LogP contribution in [-0.4, -0.2) is 70.1 Å². The van der Waals surface area contributed by atoms with Crippen molar-refractivity contribution < 1.29 is 42.5 Å². The van der Waals surface area contributed by atoms with Gasteiger partial charge >= 0.3 is 29.6 Å². The molecule has 2 rings (SSSR count). The van der Waals surface area contributed by atoms with Crippen molar-refractivity contribution >= 4 is 73.1 Å². The van der Waals surface area contributed by atoms with E-state index in [4.69, 9.17) is 36.7 Å². The monoisotopic (exact) mass is 621 g/mol. The molecule has 0 atom stereocenters. The molecule has 0 aliphatic rings. The molecule has 2 aromatic rings. The van der Waals surface area contributed by atoms with E-state index >= 15 is 0 Å². The molecule has 38 heavy (non-hydrogen) atoms. The maximum Gasteiger partial charge on any atom is 1.00 e. The van der Waals surface area contributed by atoms with Gasteiger partial charge in [-0.25, -0.2) is 8.42 Å². The average molecular weight is 622 g/mol. The van der Waals surface area contributed by atoms with Crippen molar-refractivity contribution in [1.82, 2.24) is 26.2 Å². The SMILES string of the molecule is O=S(=O)([O-])CCCSC(=S)N(CCNC(=S)NCc1ccccc1)CCNC(=S)NCc1ccccc1.[Na+]. The number of benzene rings is 2. The van der Waals surface area contributed by atoms with Gasteiger partial charge in [0.05, 0.1) is 10.1 Å². The van der Waals surface area contributed by atoms with Crippen LogP contribution in [0.25, 0.3) is 0 Å². The van der Waals surface area contributed by atoms with E-state index in [1.165, 1.54) is 11.8 Å². The Labute approximate surface area is 268 Å². The predicted octanol–water partition coefficient (Wildman–Crippen LogP) is -0.426. The molecule has 0 spiro atoms. The molecule has 202 valence electrons.